The molecule has 168 valence electrons. The molecule has 1 unspecified atom stereocenters. The van der Waals surface area contributed by atoms with Crippen molar-refractivity contribution in [3.05, 3.63) is 80.3 Å². The Morgan fingerprint density at radius 3 is 2.76 bits per heavy atom. The van der Waals surface area contributed by atoms with Crippen LogP contribution in [-0.2, 0) is 22.6 Å². The first-order valence-corrected chi connectivity index (χ1v) is 10.8. The molecule has 0 spiro atoms. The molecular formula is C23H19ClFN5O3. The zero-order valence-electron chi connectivity index (χ0n) is 17.3. The third kappa shape index (κ3) is 4.07. The Morgan fingerprint density at radius 1 is 1.18 bits per heavy atom. The predicted octanol–water partition coefficient (Wildman–Crippen LogP) is 3.19. The van der Waals surface area contributed by atoms with Crippen molar-refractivity contribution in [1.82, 2.24) is 9.97 Å². The first-order valence-electron chi connectivity index (χ1n) is 10.4. The molecule has 2 amide bonds. The molecule has 1 atom stereocenters. The van der Waals surface area contributed by atoms with Crippen molar-refractivity contribution >= 4 is 40.9 Å². The van der Waals surface area contributed by atoms with Gasteiger partial charge in [0.2, 0.25) is 17.8 Å². The van der Waals surface area contributed by atoms with E-state index >= 15 is 0 Å². The van der Waals surface area contributed by atoms with Gasteiger partial charge in [0, 0.05) is 25.2 Å². The molecular weight excluding hydrogens is 449 g/mol. The number of hydrogen-bond donors (Lipinski definition) is 3. The van der Waals surface area contributed by atoms with Crippen LogP contribution >= 0.6 is 11.6 Å². The minimum atomic E-state index is -1.05. The molecule has 10 heteroatoms. The number of aromatic amines is 1. The van der Waals surface area contributed by atoms with E-state index in [1.54, 1.807) is 0 Å². The van der Waals surface area contributed by atoms with Crippen molar-refractivity contribution in [2.24, 2.45) is 0 Å². The lowest BCUT2D eigenvalue weighted by atomic mass is 9.92. The fourth-order valence-electron chi connectivity index (χ4n) is 4.21. The van der Waals surface area contributed by atoms with Crippen molar-refractivity contribution in [2.45, 2.75) is 25.3 Å². The Bertz CT molecular complexity index is 1340. The Kier molecular flexibility index (Phi) is 5.33. The largest absolute Gasteiger partial charge is 0.338 e. The first kappa shape index (κ1) is 21.1. The summed E-state index contributed by atoms with van der Waals surface area (Å²) in [6.07, 6.45) is 0.587. The third-order valence-corrected chi connectivity index (χ3v) is 6.16. The summed E-state index contributed by atoms with van der Waals surface area (Å²) in [6, 6.07) is 11.8. The molecule has 0 bridgehead atoms. The maximum atomic E-state index is 13.4. The van der Waals surface area contributed by atoms with Gasteiger partial charge in [0.1, 0.15) is 11.6 Å². The summed E-state index contributed by atoms with van der Waals surface area (Å²) in [5.41, 5.74) is 2.24. The van der Waals surface area contributed by atoms with Gasteiger partial charge in [0.25, 0.3) is 5.56 Å². The van der Waals surface area contributed by atoms with E-state index in [9.17, 15) is 18.8 Å². The number of anilines is 3. The standard InChI is InChI=1S/C23H19ClFN5O3/c24-16-9-14(5-6-17(16)25)26-21(32)15-10-18(31)27-20-19(15)22(33)29-23(28-20)30-8-7-12-3-1-2-4-13(12)11-30/h1-6,9,15H,7-8,10-11H2,(H,26,32)(H2,27,28,29,31,33). The zero-order valence-corrected chi connectivity index (χ0v) is 18.1. The van der Waals surface area contributed by atoms with Crippen LogP contribution in [-0.4, -0.2) is 28.3 Å². The number of nitrogens with one attached hydrogen (secondary N) is 3. The van der Waals surface area contributed by atoms with Crippen LogP contribution in [0.5, 0.6) is 0 Å². The highest BCUT2D eigenvalue weighted by atomic mass is 35.5. The quantitative estimate of drug-likeness (QED) is 0.548. The van der Waals surface area contributed by atoms with Crippen molar-refractivity contribution in [3.8, 4) is 0 Å². The van der Waals surface area contributed by atoms with E-state index in [-0.39, 0.29) is 28.5 Å². The monoisotopic (exact) mass is 467 g/mol. The van der Waals surface area contributed by atoms with Gasteiger partial charge in [-0.25, -0.2) is 4.39 Å². The van der Waals surface area contributed by atoms with Gasteiger partial charge in [0.05, 0.1) is 16.5 Å². The topological polar surface area (TPSA) is 107 Å². The molecule has 0 saturated carbocycles. The molecule has 33 heavy (non-hydrogen) atoms. The number of amides is 2. The zero-order chi connectivity index (χ0) is 23.1. The maximum absolute atomic E-state index is 13.4. The third-order valence-electron chi connectivity index (χ3n) is 5.87. The summed E-state index contributed by atoms with van der Waals surface area (Å²) >= 11 is 5.78. The van der Waals surface area contributed by atoms with Gasteiger partial charge < -0.3 is 15.5 Å². The van der Waals surface area contributed by atoms with Crippen LogP contribution in [0.1, 0.15) is 29.0 Å². The number of aromatic nitrogens is 2. The molecule has 0 radical (unpaired) electrons. The van der Waals surface area contributed by atoms with E-state index in [0.29, 0.717) is 19.0 Å². The van der Waals surface area contributed by atoms with Gasteiger partial charge >= 0.3 is 0 Å². The summed E-state index contributed by atoms with van der Waals surface area (Å²) in [4.78, 5) is 47.5. The summed E-state index contributed by atoms with van der Waals surface area (Å²) in [7, 11) is 0. The van der Waals surface area contributed by atoms with Crippen LogP contribution in [0.15, 0.2) is 47.3 Å². The van der Waals surface area contributed by atoms with Crippen molar-refractivity contribution in [2.75, 3.05) is 22.1 Å². The number of benzene rings is 2. The minimum absolute atomic E-state index is 0.0705. The number of hydrogen-bond acceptors (Lipinski definition) is 5. The van der Waals surface area contributed by atoms with E-state index in [2.05, 4.69) is 26.7 Å². The number of nitrogens with zero attached hydrogens (tertiary/aromatic N) is 2. The van der Waals surface area contributed by atoms with E-state index in [0.717, 1.165) is 18.1 Å². The van der Waals surface area contributed by atoms with Crippen LogP contribution in [0.3, 0.4) is 0 Å². The number of halogens is 2. The SMILES string of the molecule is O=C1CC(C(=O)Nc2ccc(F)c(Cl)c2)c2c(nc(N3CCc4ccccc4C3)[nH]c2=O)N1. The molecule has 3 N–H and O–H groups in total. The van der Waals surface area contributed by atoms with Gasteiger partial charge in [-0.05, 0) is 35.7 Å². The van der Waals surface area contributed by atoms with Crippen LogP contribution in [0, 0.1) is 5.82 Å². The highest BCUT2D eigenvalue weighted by Gasteiger charge is 2.35. The molecule has 2 aliphatic heterocycles. The summed E-state index contributed by atoms with van der Waals surface area (Å²) < 4.78 is 13.4. The van der Waals surface area contributed by atoms with E-state index < -0.39 is 29.1 Å². The van der Waals surface area contributed by atoms with Crippen LogP contribution in [0.2, 0.25) is 5.02 Å². The number of fused-ring (bicyclic) bond motifs is 2. The molecule has 5 rings (SSSR count). The number of H-pyrrole nitrogens is 1. The fraction of sp³-hybridized carbons (Fsp3) is 0.217. The van der Waals surface area contributed by atoms with E-state index in [1.165, 1.54) is 17.7 Å². The molecule has 0 fully saturated rings. The highest BCUT2D eigenvalue weighted by molar-refractivity contribution is 6.31. The minimum Gasteiger partial charge on any atom is -0.338 e. The second-order valence-electron chi connectivity index (χ2n) is 8.02. The number of carbonyl (C=O) groups is 2. The highest BCUT2D eigenvalue weighted by Crippen LogP contribution is 2.31. The second-order valence-corrected chi connectivity index (χ2v) is 8.42. The lowest BCUT2D eigenvalue weighted by Gasteiger charge is -2.30. The molecule has 2 aromatic carbocycles. The summed E-state index contributed by atoms with van der Waals surface area (Å²) in [5, 5.41) is 5.06. The lowest BCUT2D eigenvalue weighted by Crippen LogP contribution is -2.38. The van der Waals surface area contributed by atoms with Crippen LogP contribution < -0.4 is 21.1 Å². The molecule has 3 heterocycles. The van der Waals surface area contributed by atoms with Gasteiger partial charge in [-0.1, -0.05) is 35.9 Å². The van der Waals surface area contributed by atoms with Crippen molar-refractivity contribution in [1.29, 1.82) is 0 Å². The maximum Gasteiger partial charge on any atom is 0.258 e. The van der Waals surface area contributed by atoms with Crippen LogP contribution in [0.4, 0.5) is 21.8 Å². The van der Waals surface area contributed by atoms with Gasteiger partial charge in [-0.15, -0.1) is 0 Å². The Labute approximate surface area is 192 Å². The molecule has 0 aliphatic carbocycles. The average molecular weight is 468 g/mol. The normalized spacial score (nSPS) is 17.1. The Morgan fingerprint density at radius 2 is 1.97 bits per heavy atom. The second kappa shape index (κ2) is 8.32. The van der Waals surface area contributed by atoms with Gasteiger partial charge in [-0.2, -0.15) is 4.98 Å². The smallest absolute Gasteiger partial charge is 0.258 e. The molecule has 0 saturated heterocycles. The Hall–Kier alpha value is -3.72. The number of rotatable bonds is 3. The summed E-state index contributed by atoms with van der Waals surface area (Å²) in [6.45, 7) is 1.23. The van der Waals surface area contributed by atoms with E-state index in [4.69, 9.17) is 11.6 Å². The van der Waals surface area contributed by atoms with Crippen molar-refractivity contribution < 1.29 is 14.0 Å². The Balaban J connectivity index is 1.44. The molecule has 2 aliphatic rings. The van der Waals surface area contributed by atoms with E-state index in [1.807, 2.05) is 23.1 Å². The number of carbonyl (C=O) groups excluding carboxylic acids is 2. The molecule has 1 aromatic heterocycles. The first-order chi connectivity index (χ1) is 15.9. The molecule has 3 aromatic rings. The summed E-state index contributed by atoms with van der Waals surface area (Å²) in [5.74, 6) is -2.27. The van der Waals surface area contributed by atoms with Crippen molar-refractivity contribution in [3.63, 3.8) is 0 Å². The fourth-order valence-corrected chi connectivity index (χ4v) is 4.39. The predicted molar refractivity (Wildman–Crippen MR) is 122 cm³/mol. The molecule has 8 nitrogen and oxygen atoms in total. The average Bonchev–Trinajstić information content (AvgIpc) is 2.80. The van der Waals surface area contributed by atoms with Crippen LogP contribution in [0.25, 0.3) is 0 Å². The lowest BCUT2D eigenvalue weighted by molar-refractivity contribution is -0.123. The van der Waals surface area contributed by atoms with Gasteiger partial charge in [0.15, 0.2) is 0 Å². The van der Waals surface area contributed by atoms with Gasteiger partial charge in [-0.3, -0.25) is 19.4 Å².